The van der Waals surface area contributed by atoms with Gasteiger partial charge in [-0.3, -0.25) is 0 Å². The van der Waals surface area contributed by atoms with Crippen LogP contribution in [-0.2, 0) is 0 Å². The predicted molar refractivity (Wildman–Crippen MR) is 83.7 cm³/mol. The summed E-state index contributed by atoms with van der Waals surface area (Å²) in [5.41, 5.74) is 0. The van der Waals surface area contributed by atoms with E-state index < -0.39 is 0 Å². The van der Waals surface area contributed by atoms with Gasteiger partial charge in [-0.05, 0) is 19.4 Å². The Bertz CT molecular complexity index is 538. The first-order valence-electron chi connectivity index (χ1n) is 7.43. The number of hydrogen-bond donors (Lipinski definition) is 2. The molecule has 0 saturated heterocycles. The minimum Gasteiger partial charge on any atom is -0.357 e. The number of aromatic nitrogens is 5. The van der Waals surface area contributed by atoms with Crippen molar-refractivity contribution in [2.75, 3.05) is 17.7 Å². The monoisotopic (exact) mass is 289 g/mol. The zero-order valence-corrected chi connectivity index (χ0v) is 12.9. The third-order valence-corrected chi connectivity index (χ3v) is 3.17. The minimum absolute atomic E-state index is 0.328. The second-order valence-electron chi connectivity index (χ2n) is 5.02. The molecule has 21 heavy (non-hydrogen) atoms. The molecule has 114 valence electrons. The van der Waals surface area contributed by atoms with E-state index in [0.717, 1.165) is 6.42 Å². The maximum atomic E-state index is 4.42. The fourth-order valence-corrected chi connectivity index (χ4v) is 2.02. The van der Waals surface area contributed by atoms with Crippen LogP contribution >= 0.6 is 0 Å². The molecular weight excluding hydrogens is 266 g/mol. The van der Waals surface area contributed by atoms with E-state index in [-0.39, 0.29) is 0 Å². The van der Waals surface area contributed by atoms with Crippen LogP contribution in [-0.4, -0.2) is 37.8 Å². The maximum Gasteiger partial charge on any atom is 0.257 e. The Morgan fingerprint density at radius 1 is 1.19 bits per heavy atom. The summed E-state index contributed by atoms with van der Waals surface area (Å²) in [6.45, 7) is 4.35. The van der Waals surface area contributed by atoms with E-state index in [1.807, 2.05) is 12.3 Å². The van der Waals surface area contributed by atoms with Gasteiger partial charge in [-0.15, -0.1) is 0 Å². The standard InChI is InChI=1S/C14H23N7/c1-4-5-6-8-11(2)17-13-18-12(15-3)19-14(20-13)21-10-7-9-16-21/h7,9-11H,4-6,8H2,1-3H3,(H2,15,17,18,19,20). The Kier molecular flexibility index (Phi) is 5.48. The van der Waals surface area contributed by atoms with Crippen molar-refractivity contribution >= 4 is 11.9 Å². The molecule has 0 radical (unpaired) electrons. The molecule has 0 fully saturated rings. The Morgan fingerprint density at radius 2 is 2.00 bits per heavy atom. The zero-order valence-electron chi connectivity index (χ0n) is 12.9. The second kappa shape index (κ2) is 7.56. The lowest BCUT2D eigenvalue weighted by molar-refractivity contribution is 0.611. The van der Waals surface area contributed by atoms with Gasteiger partial charge in [0, 0.05) is 25.5 Å². The van der Waals surface area contributed by atoms with E-state index in [9.17, 15) is 0 Å². The van der Waals surface area contributed by atoms with Crippen molar-refractivity contribution in [1.29, 1.82) is 0 Å². The SMILES string of the molecule is CCCCCC(C)Nc1nc(NC)nc(-n2cccn2)n1. The Balaban J connectivity index is 2.10. The molecule has 2 aromatic rings. The van der Waals surface area contributed by atoms with Crippen LogP contribution in [0, 0.1) is 0 Å². The van der Waals surface area contributed by atoms with Gasteiger partial charge in [0.1, 0.15) is 0 Å². The van der Waals surface area contributed by atoms with Crippen molar-refractivity contribution in [3.05, 3.63) is 18.5 Å². The third-order valence-electron chi connectivity index (χ3n) is 3.17. The summed E-state index contributed by atoms with van der Waals surface area (Å²) in [6, 6.07) is 2.16. The number of nitrogens with zero attached hydrogens (tertiary/aromatic N) is 5. The molecule has 0 spiro atoms. The van der Waals surface area contributed by atoms with Crippen LogP contribution in [0.4, 0.5) is 11.9 Å². The number of hydrogen-bond acceptors (Lipinski definition) is 6. The third kappa shape index (κ3) is 4.40. The average Bonchev–Trinajstić information content (AvgIpc) is 3.01. The van der Waals surface area contributed by atoms with Crippen LogP contribution in [0.3, 0.4) is 0 Å². The molecule has 0 bridgehead atoms. The molecule has 1 atom stereocenters. The molecule has 2 aromatic heterocycles. The van der Waals surface area contributed by atoms with Crippen molar-refractivity contribution < 1.29 is 0 Å². The van der Waals surface area contributed by atoms with Gasteiger partial charge in [0.05, 0.1) is 0 Å². The lowest BCUT2D eigenvalue weighted by Gasteiger charge is -2.14. The van der Waals surface area contributed by atoms with E-state index in [1.54, 1.807) is 17.9 Å². The van der Waals surface area contributed by atoms with Crippen LogP contribution in [0.5, 0.6) is 0 Å². The molecule has 0 amide bonds. The normalized spacial score (nSPS) is 12.1. The van der Waals surface area contributed by atoms with Gasteiger partial charge >= 0.3 is 0 Å². The zero-order chi connectivity index (χ0) is 15.1. The van der Waals surface area contributed by atoms with Gasteiger partial charge in [-0.1, -0.05) is 26.2 Å². The maximum absolute atomic E-state index is 4.42. The summed E-state index contributed by atoms with van der Waals surface area (Å²) >= 11 is 0. The molecule has 0 saturated carbocycles. The van der Waals surface area contributed by atoms with Gasteiger partial charge in [0.15, 0.2) is 0 Å². The van der Waals surface area contributed by atoms with Gasteiger partial charge in [0.2, 0.25) is 11.9 Å². The van der Waals surface area contributed by atoms with Crippen molar-refractivity contribution in [1.82, 2.24) is 24.7 Å². The molecule has 0 aromatic carbocycles. The van der Waals surface area contributed by atoms with Crippen molar-refractivity contribution in [3.8, 4) is 5.95 Å². The van der Waals surface area contributed by atoms with Gasteiger partial charge in [0.25, 0.3) is 5.95 Å². The van der Waals surface area contributed by atoms with Gasteiger partial charge in [-0.2, -0.15) is 20.1 Å². The molecule has 0 aliphatic heterocycles. The predicted octanol–water partition coefficient (Wildman–Crippen LogP) is 2.48. The highest BCUT2D eigenvalue weighted by Crippen LogP contribution is 2.11. The summed E-state index contributed by atoms with van der Waals surface area (Å²) in [7, 11) is 1.79. The topological polar surface area (TPSA) is 80.5 Å². The molecule has 7 heteroatoms. The lowest BCUT2D eigenvalue weighted by Crippen LogP contribution is -2.19. The molecule has 2 rings (SSSR count). The molecular formula is C14H23N7. The Morgan fingerprint density at radius 3 is 2.67 bits per heavy atom. The van der Waals surface area contributed by atoms with Gasteiger partial charge < -0.3 is 10.6 Å². The highest BCUT2D eigenvalue weighted by Gasteiger charge is 2.10. The average molecular weight is 289 g/mol. The van der Waals surface area contributed by atoms with Crippen LogP contribution in [0.1, 0.15) is 39.5 Å². The molecule has 2 N–H and O–H groups in total. The molecule has 0 aliphatic carbocycles. The number of unbranched alkanes of at least 4 members (excludes halogenated alkanes) is 2. The fourth-order valence-electron chi connectivity index (χ4n) is 2.02. The molecule has 0 aliphatic rings. The summed E-state index contributed by atoms with van der Waals surface area (Å²) in [5.74, 6) is 1.60. The summed E-state index contributed by atoms with van der Waals surface area (Å²) < 4.78 is 1.62. The minimum atomic E-state index is 0.328. The van der Waals surface area contributed by atoms with Crippen molar-refractivity contribution in [3.63, 3.8) is 0 Å². The van der Waals surface area contributed by atoms with E-state index >= 15 is 0 Å². The van der Waals surface area contributed by atoms with E-state index in [0.29, 0.717) is 23.9 Å². The van der Waals surface area contributed by atoms with E-state index in [1.165, 1.54) is 19.3 Å². The molecule has 2 heterocycles. The van der Waals surface area contributed by atoms with E-state index in [2.05, 4.69) is 44.5 Å². The van der Waals surface area contributed by atoms with Crippen molar-refractivity contribution in [2.24, 2.45) is 0 Å². The van der Waals surface area contributed by atoms with Crippen LogP contribution in [0.25, 0.3) is 5.95 Å². The number of nitrogens with one attached hydrogen (secondary N) is 2. The molecule has 1 unspecified atom stereocenters. The van der Waals surface area contributed by atoms with Crippen LogP contribution < -0.4 is 10.6 Å². The fraction of sp³-hybridized carbons (Fsp3) is 0.571. The van der Waals surface area contributed by atoms with Crippen LogP contribution in [0.2, 0.25) is 0 Å². The largest absolute Gasteiger partial charge is 0.357 e. The highest BCUT2D eigenvalue weighted by molar-refractivity contribution is 5.37. The molecule has 7 nitrogen and oxygen atoms in total. The van der Waals surface area contributed by atoms with E-state index in [4.69, 9.17) is 0 Å². The van der Waals surface area contributed by atoms with Gasteiger partial charge in [-0.25, -0.2) is 4.68 Å². The number of anilines is 2. The first-order chi connectivity index (χ1) is 10.2. The first kappa shape index (κ1) is 15.2. The quantitative estimate of drug-likeness (QED) is 0.727. The highest BCUT2D eigenvalue weighted by atomic mass is 15.4. The second-order valence-corrected chi connectivity index (χ2v) is 5.02. The summed E-state index contributed by atoms with van der Waals surface area (Å²) in [5, 5.41) is 10.4. The summed E-state index contributed by atoms with van der Waals surface area (Å²) in [6.07, 6.45) is 8.30. The van der Waals surface area contributed by atoms with Crippen LogP contribution in [0.15, 0.2) is 18.5 Å². The lowest BCUT2D eigenvalue weighted by atomic mass is 10.1. The Hall–Kier alpha value is -2.18. The number of rotatable bonds is 8. The van der Waals surface area contributed by atoms with Crippen molar-refractivity contribution in [2.45, 2.75) is 45.6 Å². The smallest absolute Gasteiger partial charge is 0.257 e. The Labute approximate surface area is 125 Å². The summed E-state index contributed by atoms with van der Waals surface area (Å²) in [4.78, 5) is 13.1. The first-order valence-corrected chi connectivity index (χ1v) is 7.43.